The Morgan fingerprint density at radius 1 is 0.854 bits per heavy atom. The Balaban J connectivity index is 1.43. The van der Waals surface area contributed by atoms with E-state index < -0.39 is 0 Å². The maximum Gasteiger partial charge on any atom is 0.220 e. The largest absolute Gasteiger partial charge is 0.423 e. The number of aromatic nitrogens is 5. The van der Waals surface area contributed by atoms with Gasteiger partial charge in [-0.15, -0.1) is 5.10 Å². The van der Waals surface area contributed by atoms with Crippen LogP contribution in [-0.4, -0.2) is 36.4 Å². The standard InChI is InChI=1S/C33H37N7O/c1-2-31-32-35-30(21-26-13-5-3-6-14-26)33(41-32)39(22-27-15-7-4-8-16-27)24-29-25-40(37-36-29)20-12-11-19-38(31)23-28-17-9-10-18-34-28/h3-10,13-18,25,31H,2,11-12,19-24H2,1H3. The highest BCUT2D eigenvalue weighted by Crippen LogP contribution is 2.34. The highest BCUT2D eigenvalue weighted by atomic mass is 16.4. The van der Waals surface area contributed by atoms with Crippen molar-refractivity contribution in [2.75, 3.05) is 11.4 Å². The van der Waals surface area contributed by atoms with Gasteiger partial charge in [-0.2, -0.15) is 0 Å². The van der Waals surface area contributed by atoms with E-state index in [4.69, 9.17) is 9.40 Å². The summed E-state index contributed by atoms with van der Waals surface area (Å²) >= 11 is 0. The number of fused-ring (bicyclic) bond motifs is 4. The van der Waals surface area contributed by atoms with E-state index in [1.807, 2.05) is 29.1 Å². The van der Waals surface area contributed by atoms with Gasteiger partial charge in [-0.3, -0.25) is 14.6 Å². The molecule has 0 N–H and O–H groups in total. The van der Waals surface area contributed by atoms with Crippen LogP contribution < -0.4 is 4.90 Å². The van der Waals surface area contributed by atoms with Gasteiger partial charge in [-0.25, -0.2) is 4.98 Å². The van der Waals surface area contributed by atoms with E-state index in [0.29, 0.717) is 19.5 Å². The number of aryl methyl sites for hydroxylation is 1. The predicted molar refractivity (Wildman–Crippen MR) is 159 cm³/mol. The second-order valence-corrected chi connectivity index (χ2v) is 10.7. The summed E-state index contributed by atoms with van der Waals surface area (Å²) in [6.45, 7) is 5.98. The quantitative estimate of drug-likeness (QED) is 0.240. The Kier molecular flexibility index (Phi) is 8.47. The molecule has 41 heavy (non-hydrogen) atoms. The second-order valence-electron chi connectivity index (χ2n) is 10.7. The zero-order chi connectivity index (χ0) is 27.9. The van der Waals surface area contributed by atoms with Crippen LogP contribution in [0.1, 0.15) is 66.3 Å². The van der Waals surface area contributed by atoms with Gasteiger partial charge in [-0.05, 0) is 49.1 Å². The van der Waals surface area contributed by atoms with Crippen molar-refractivity contribution in [1.29, 1.82) is 0 Å². The van der Waals surface area contributed by atoms with Crippen LogP contribution in [0.15, 0.2) is 95.7 Å². The van der Waals surface area contributed by atoms with Crippen molar-refractivity contribution in [3.63, 3.8) is 0 Å². The van der Waals surface area contributed by atoms with Crippen LogP contribution in [0.5, 0.6) is 0 Å². The number of hydrogen-bond donors (Lipinski definition) is 0. The summed E-state index contributed by atoms with van der Waals surface area (Å²) in [7, 11) is 0. The van der Waals surface area contributed by atoms with Crippen molar-refractivity contribution in [2.24, 2.45) is 0 Å². The number of hydrogen-bond acceptors (Lipinski definition) is 7. The van der Waals surface area contributed by atoms with Crippen LogP contribution in [0.4, 0.5) is 5.88 Å². The predicted octanol–water partition coefficient (Wildman–Crippen LogP) is 6.21. The third-order valence-electron chi connectivity index (χ3n) is 7.64. The lowest BCUT2D eigenvalue weighted by molar-refractivity contribution is 0.151. The Bertz CT molecular complexity index is 1500. The van der Waals surface area contributed by atoms with Gasteiger partial charge in [-0.1, -0.05) is 78.9 Å². The zero-order valence-corrected chi connectivity index (χ0v) is 23.6. The molecule has 0 saturated carbocycles. The number of rotatable bonds is 7. The molecule has 1 aliphatic heterocycles. The Morgan fingerprint density at radius 2 is 1.61 bits per heavy atom. The molecule has 2 aromatic carbocycles. The number of oxazole rings is 1. The summed E-state index contributed by atoms with van der Waals surface area (Å²) in [6, 6.07) is 27.2. The van der Waals surface area contributed by atoms with E-state index in [1.165, 1.54) is 11.1 Å². The van der Waals surface area contributed by atoms with Gasteiger partial charge >= 0.3 is 0 Å². The van der Waals surface area contributed by atoms with E-state index in [0.717, 1.165) is 67.8 Å². The number of anilines is 1. The van der Waals surface area contributed by atoms with E-state index in [9.17, 15) is 0 Å². The smallest absolute Gasteiger partial charge is 0.220 e. The summed E-state index contributed by atoms with van der Waals surface area (Å²) in [5, 5.41) is 8.98. The molecule has 0 aliphatic carbocycles. The van der Waals surface area contributed by atoms with E-state index in [1.54, 1.807) is 0 Å². The maximum absolute atomic E-state index is 6.83. The summed E-state index contributed by atoms with van der Waals surface area (Å²) in [4.78, 5) is 14.6. The van der Waals surface area contributed by atoms with Crippen molar-refractivity contribution in [1.82, 2.24) is 29.9 Å². The third kappa shape index (κ3) is 6.72. The van der Waals surface area contributed by atoms with Gasteiger partial charge in [0, 0.05) is 32.3 Å². The molecule has 8 heteroatoms. The van der Waals surface area contributed by atoms with Crippen LogP contribution in [0.3, 0.4) is 0 Å². The monoisotopic (exact) mass is 547 g/mol. The SMILES string of the molecule is CCC1c2nc(Cc3ccccc3)c(o2)N(Cc2ccccc2)Cc2cn(nn2)CCCCN1Cc1ccccn1. The first kappa shape index (κ1) is 26.9. The average Bonchev–Trinajstić information content (AvgIpc) is 3.63. The van der Waals surface area contributed by atoms with Crippen molar-refractivity contribution >= 4 is 5.88 Å². The van der Waals surface area contributed by atoms with Gasteiger partial charge in [0.25, 0.3) is 0 Å². The summed E-state index contributed by atoms with van der Waals surface area (Å²) < 4.78 is 8.81. The highest BCUT2D eigenvalue weighted by Gasteiger charge is 2.29. The first-order valence-electron chi connectivity index (χ1n) is 14.6. The molecule has 1 aliphatic rings. The number of nitrogens with zero attached hydrogens (tertiary/aromatic N) is 7. The van der Waals surface area contributed by atoms with Crippen LogP contribution in [-0.2, 0) is 32.6 Å². The van der Waals surface area contributed by atoms with Crippen molar-refractivity contribution in [3.05, 3.63) is 125 Å². The second kappa shape index (κ2) is 12.9. The molecule has 1 unspecified atom stereocenters. The molecule has 8 nitrogen and oxygen atoms in total. The zero-order valence-electron chi connectivity index (χ0n) is 23.6. The Hall–Kier alpha value is -4.30. The van der Waals surface area contributed by atoms with Crippen LogP contribution in [0.2, 0.25) is 0 Å². The molecule has 0 spiro atoms. The minimum absolute atomic E-state index is 0.0346. The Labute approximate surface area is 241 Å². The van der Waals surface area contributed by atoms with Gasteiger partial charge < -0.3 is 9.32 Å². The Morgan fingerprint density at radius 3 is 2.37 bits per heavy atom. The van der Waals surface area contributed by atoms with Crippen molar-refractivity contribution in [2.45, 2.75) is 64.8 Å². The molecule has 0 radical (unpaired) electrons. The van der Waals surface area contributed by atoms with Crippen LogP contribution in [0, 0.1) is 0 Å². The van der Waals surface area contributed by atoms with Crippen molar-refractivity contribution < 1.29 is 4.42 Å². The average molecular weight is 548 g/mol. The fourth-order valence-electron chi connectivity index (χ4n) is 5.60. The van der Waals surface area contributed by atoms with Gasteiger partial charge in [0.2, 0.25) is 11.8 Å². The van der Waals surface area contributed by atoms with Crippen LogP contribution >= 0.6 is 0 Å². The van der Waals surface area contributed by atoms with E-state index >= 15 is 0 Å². The third-order valence-corrected chi connectivity index (χ3v) is 7.64. The first-order chi connectivity index (χ1) is 20.2. The molecule has 210 valence electrons. The summed E-state index contributed by atoms with van der Waals surface area (Å²) in [6.07, 6.45) is 7.56. The molecule has 0 saturated heterocycles. The minimum Gasteiger partial charge on any atom is -0.423 e. The molecule has 1 atom stereocenters. The molecule has 4 bridgehead atoms. The maximum atomic E-state index is 6.83. The van der Waals surface area contributed by atoms with Crippen LogP contribution in [0.25, 0.3) is 0 Å². The van der Waals surface area contributed by atoms with E-state index in [-0.39, 0.29) is 6.04 Å². The summed E-state index contributed by atoms with van der Waals surface area (Å²) in [5.41, 5.74) is 5.32. The molecule has 6 rings (SSSR count). The number of benzene rings is 2. The van der Waals surface area contributed by atoms with Crippen molar-refractivity contribution in [3.8, 4) is 0 Å². The lowest BCUT2D eigenvalue weighted by Gasteiger charge is -2.29. The topological polar surface area (TPSA) is 76.1 Å². The fraction of sp³-hybridized carbons (Fsp3) is 0.333. The lowest BCUT2D eigenvalue weighted by atomic mass is 10.1. The van der Waals surface area contributed by atoms with Gasteiger partial charge in [0.15, 0.2) is 0 Å². The fourth-order valence-corrected chi connectivity index (χ4v) is 5.60. The van der Waals surface area contributed by atoms with Gasteiger partial charge in [0.1, 0.15) is 11.4 Å². The molecule has 3 aromatic heterocycles. The molecular weight excluding hydrogens is 510 g/mol. The highest BCUT2D eigenvalue weighted by molar-refractivity contribution is 5.45. The first-order valence-corrected chi connectivity index (χ1v) is 14.6. The molecule has 0 fully saturated rings. The molecule has 5 aromatic rings. The molecule has 4 heterocycles. The lowest BCUT2D eigenvalue weighted by Crippen LogP contribution is -2.30. The minimum atomic E-state index is 0.0346. The van der Waals surface area contributed by atoms with E-state index in [2.05, 4.69) is 98.9 Å². The van der Waals surface area contributed by atoms with Gasteiger partial charge in [0.05, 0.1) is 24.5 Å². The normalized spacial score (nSPS) is 16.4. The summed E-state index contributed by atoms with van der Waals surface area (Å²) in [5.74, 6) is 1.57. The number of pyridine rings is 1. The molecule has 0 amide bonds. The molecular formula is C33H37N7O.